The van der Waals surface area contributed by atoms with Crippen molar-refractivity contribution in [1.82, 2.24) is 0 Å². The first-order chi connectivity index (χ1) is 2.56. The fourth-order valence-corrected chi connectivity index (χ4v) is 0. The lowest BCUT2D eigenvalue weighted by Crippen LogP contribution is -1.85. The van der Waals surface area contributed by atoms with Crippen LogP contribution in [0.3, 0.4) is 0 Å². The Balaban J connectivity index is 3.48. The molecule has 0 aliphatic rings. The summed E-state index contributed by atoms with van der Waals surface area (Å²) in [6.45, 7) is -2.54. The average molecular weight is 145 g/mol. The Morgan fingerprint density at radius 2 is 1.83 bits per heavy atom. The Morgan fingerprint density at radius 3 is 1.83 bits per heavy atom. The summed E-state index contributed by atoms with van der Waals surface area (Å²) in [5, 5.41) is 0. The molecule has 0 aliphatic heterocycles. The molecular weight excluding hydrogens is 139 g/mol. The Kier molecular flexibility index (Phi) is 2.75. The number of hydrogen-bond donors (Lipinski definition) is 1. The lowest BCUT2D eigenvalue weighted by molar-refractivity contribution is 0.352. The van der Waals surface area contributed by atoms with E-state index < -0.39 is 6.75 Å². The smallest absolute Gasteiger partial charge is 0.245 e. The van der Waals surface area contributed by atoms with Crippen LogP contribution in [0, 0.1) is 0 Å². The molecule has 0 aromatic heterocycles. The standard InChI is InChI=1S/H6NO2P3/c1-3-6(2,4)5/h1,4-5H2. The minimum absolute atomic E-state index is 1.96. The molecule has 0 fully saturated rings. The van der Waals surface area contributed by atoms with Crippen molar-refractivity contribution >= 4 is 24.6 Å². The lowest BCUT2D eigenvalue weighted by atomic mass is 13.6. The summed E-state index contributed by atoms with van der Waals surface area (Å²) in [5.74, 6) is 4.50. The Morgan fingerprint density at radius 1 is 1.67 bits per heavy atom. The van der Waals surface area contributed by atoms with E-state index in [0.717, 1.165) is 0 Å². The maximum Gasteiger partial charge on any atom is 0.245 e. The molecule has 6 heteroatoms. The van der Waals surface area contributed by atoms with Gasteiger partial charge in [0.1, 0.15) is 0 Å². The zero-order valence-electron chi connectivity index (χ0n) is 3.00. The molecule has 0 amide bonds. The molecule has 0 spiro atoms. The van der Waals surface area contributed by atoms with E-state index in [9.17, 15) is 4.57 Å². The fourth-order valence-electron chi connectivity index (χ4n) is 0. The molecule has 3 nitrogen and oxygen atoms in total. The number of rotatable bonds is 1. The highest BCUT2D eigenvalue weighted by molar-refractivity contribution is 8.44. The maximum absolute atomic E-state index is 10.2. The van der Waals surface area contributed by atoms with E-state index >= 15 is 0 Å². The van der Waals surface area contributed by atoms with Gasteiger partial charge in [0, 0.05) is 0 Å². The van der Waals surface area contributed by atoms with Gasteiger partial charge in [-0.1, -0.05) is 0 Å². The molecule has 0 heterocycles. The first kappa shape index (κ1) is 7.01. The molecule has 6 heavy (non-hydrogen) atoms. The van der Waals surface area contributed by atoms with Crippen LogP contribution < -0.4 is 5.90 Å². The van der Waals surface area contributed by atoms with Gasteiger partial charge in [-0.15, -0.1) is 0 Å². The van der Waals surface area contributed by atoms with Gasteiger partial charge in [0.05, 0.1) is 0 Å². The van der Waals surface area contributed by atoms with Crippen molar-refractivity contribution < 1.29 is 9.19 Å². The molecule has 0 saturated carbocycles. The zero-order valence-corrected chi connectivity index (χ0v) is 6.20. The van der Waals surface area contributed by atoms with Crippen molar-refractivity contribution in [2.24, 2.45) is 5.90 Å². The SMILES string of the molecule is NOP(=O)(P)P. The third-order valence-electron chi connectivity index (χ3n) is 0.165. The van der Waals surface area contributed by atoms with Gasteiger partial charge < -0.3 is 0 Å². The molecular formula is H6NO2P3. The van der Waals surface area contributed by atoms with Crippen LogP contribution in [0.25, 0.3) is 0 Å². The molecule has 0 aromatic carbocycles. The van der Waals surface area contributed by atoms with Crippen molar-refractivity contribution in [3.8, 4) is 0 Å². The van der Waals surface area contributed by atoms with Gasteiger partial charge in [0.15, 0.2) is 0 Å². The van der Waals surface area contributed by atoms with Crippen LogP contribution in [0.1, 0.15) is 0 Å². The van der Waals surface area contributed by atoms with Crippen LogP contribution in [0.4, 0.5) is 0 Å². The van der Waals surface area contributed by atoms with E-state index in [4.69, 9.17) is 0 Å². The topological polar surface area (TPSA) is 52.3 Å². The second-order valence-corrected chi connectivity index (χ2v) is 8.36. The first-order valence-corrected chi connectivity index (χ1v) is 5.98. The molecule has 0 rings (SSSR count). The van der Waals surface area contributed by atoms with Crippen molar-refractivity contribution in [2.75, 3.05) is 0 Å². The molecule has 38 valence electrons. The van der Waals surface area contributed by atoms with E-state index in [1.807, 2.05) is 17.9 Å². The van der Waals surface area contributed by atoms with E-state index in [1.165, 1.54) is 0 Å². The Labute approximate surface area is 40.6 Å². The molecule has 0 radical (unpaired) electrons. The van der Waals surface area contributed by atoms with Gasteiger partial charge in [-0.3, -0.25) is 4.57 Å². The predicted molar refractivity (Wildman–Crippen MR) is 32.3 cm³/mol. The van der Waals surface area contributed by atoms with Gasteiger partial charge in [0.2, 0.25) is 6.75 Å². The summed E-state index contributed by atoms with van der Waals surface area (Å²) in [4.78, 5) is 0. The minimum atomic E-state index is -2.54. The third kappa shape index (κ3) is 5.01. The zero-order chi connectivity index (χ0) is 5.21. The van der Waals surface area contributed by atoms with E-state index in [1.54, 1.807) is 0 Å². The number of hydrogen-bond acceptors (Lipinski definition) is 3. The van der Waals surface area contributed by atoms with Crippen LogP contribution in [-0.4, -0.2) is 0 Å². The van der Waals surface area contributed by atoms with E-state index in [-0.39, 0.29) is 0 Å². The summed E-state index contributed by atoms with van der Waals surface area (Å²) >= 11 is 0. The minimum Gasteiger partial charge on any atom is -0.283 e. The van der Waals surface area contributed by atoms with Crippen molar-refractivity contribution in [1.29, 1.82) is 0 Å². The fraction of sp³-hybridized carbons (Fsp3) is 0. The molecule has 0 aromatic rings. The highest BCUT2D eigenvalue weighted by atomic mass is 32.4. The largest absolute Gasteiger partial charge is 0.283 e. The molecule has 2 atom stereocenters. The molecule has 0 saturated heterocycles. The van der Waals surface area contributed by atoms with Crippen LogP contribution in [0.5, 0.6) is 0 Å². The molecule has 0 aliphatic carbocycles. The van der Waals surface area contributed by atoms with Gasteiger partial charge in [-0.05, 0) is 17.9 Å². The first-order valence-electron chi connectivity index (χ1n) is 1.12. The quantitative estimate of drug-likeness (QED) is 0.437. The lowest BCUT2D eigenvalue weighted by Gasteiger charge is -1.96. The van der Waals surface area contributed by atoms with Gasteiger partial charge in [0.25, 0.3) is 0 Å². The Hall–Kier alpha value is 1.01. The second kappa shape index (κ2) is 2.35. The van der Waals surface area contributed by atoms with Gasteiger partial charge in [-0.25, -0.2) is 10.5 Å². The molecule has 2 N–H and O–H groups in total. The normalized spacial score (nSPS) is 11.8. The summed E-state index contributed by atoms with van der Waals surface area (Å²) in [5.41, 5.74) is 0. The van der Waals surface area contributed by atoms with Crippen molar-refractivity contribution in [3.05, 3.63) is 0 Å². The monoisotopic (exact) mass is 145 g/mol. The van der Waals surface area contributed by atoms with E-state index in [2.05, 4.69) is 10.5 Å². The van der Waals surface area contributed by atoms with Crippen LogP contribution in [0.15, 0.2) is 0 Å². The molecule has 2 unspecified atom stereocenters. The van der Waals surface area contributed by atoms with Gasteiger partial charge >= 0.3 is 0 Å². The second-order valence-electron chi connectivity index (χ2n) is 0.751. The predicted octanol–water partition coefficient (Wildman–Crippen LogP) is 0.735. The van der Waals surface area contributed by atoms with Gasteiger partial charge in [-0.2, -0.15) is 0 Å². The van der Waals surface area contributed by atoms with Crippen molar-refractivity contribution in [2.45, 2.75) is 0 Å². The van der Waals surface area contributed by atoms with Crippen molar-refractivity contribution in [3.63, 3.8) is 0 Å². The summed E-state index contributed by atoms with van der Waals surface area (Å²) in [6, 6.07) is 0. The number of nitrogens with two attached hydrogens (primary N) is 1. The highest BCUT2D eigenvalue weighted by Crippen LogP contribution is 2.61. The maximum atomic E-state index is 10.2. The molecule has 0 bridgehead atoms. The van der Waals surface area contributed by atoms with Crippen LogP contribution in [0.2, 0.25) is 0 Å². The third-order valence-corrected chi connectivity index (χ3v) is 1.22. The average Bonchev–Trinajstić information content (AvgIpc) is 1.35. The van der Waals surface area contributed by atoms with Crippen LogP contribution in [-0.2, 0) is 9.19 Å². The van der Waals surface area contributed by atoms with Crippen LogP contribution >= 0.6 is 24.6 Å². The summed E-state index contributed by atoms with van der Waals surface area (Å²) in [6.07, 6.45) is 0. The summed E-state index contributed by atoms with van der Waals surface area (Å²) < 4.78 is 14.1. The Bertz CT molecular complexity index is 72.9. The highest BCUT2D eigenvalue weighted by Gasteiger charge is 2.00. The summed E-state index contributed by atoms with van der Waals surface area (Å²) in [7, 11) is 3.93. The van der Waals surface area contributed by atoms with E-state index in [0.29, 0.717) is 0 Å².